The topological polar surface area (TPSA) is 59.9 Å². The van der Waals surface area contributed by atoms with Gasteiger partial charge in [-0.25, -0.2) is 9.97 Å². The van der Waals surface area contributed by atoms with Gasteiger partial charge < -0.3 is 0 Å². The fraction of sp³-hybridized carbons (Fsp3) is 0.400. The van der Waals surface area contributed by atoms with Crippen molar-refractivity contribution in [3.63, 3.8) is 0 Å². The molecule has 1 rings (SSSR count). The van der Waals surface area contributed by atoms with Crippen molar-refractivity contribution in [2.45, 2.75) is 27.7 Å². The molecule has 0 aromatic carbocycles. The number of hydrogen-bond donors (Lipinski definition) is 0. The van der Waals surface area contributed by atoms with Crippen LogP contribution in [0.3, 0.4) is 0 Å². The summed E-state index contributed by atoms with van der Waals surface area (Å²) in [6, 6.07) is 0. The monoisotopic (exact) mass is 192 g/mol. The zero-order valence-corrected chi connectivity index (χ0v) is 8.71. The zero-order chi connectivity index (χ0) is 10.9. The van der Waals surface area contributed by atoms with E-state index in [0.29, 0.717) is 17.0 Å². The Balaban J connectivity index is 3.39. The Kier molecular flexibility index (Phi) is 2.74. The van der Waals surface area contributed by atoms with Crippen molar-refractivity contribution in [3.05, 3.63) is 22.8 Å². The second kappa shape index (κ2) is 3.65. The van der Waals surface area contributed by atoms with Gasteiger partial charge in [0, 0.05) is 6.92 Å². The van der Waals surface area contributed by atoms with E-state index in [-0.39, 0.29) is 17.4 Å². The molecule has 0 aliphatic heterocycles. The smallest absolute Gasteiger partial charge is 0.196 e. The van der Waals surface area contributed by atoms with Crippen LogP contribution in [0.5, 0.6) is 0 Å². The Labute approximate surface area is 82.4 Å². The van der Waals surface area contributed by atoms with E-state index in [1.165, 1.54) is 13.8 Å². The minimum atomic E-state index is -0.189. The van der Waals surface area contributed by atoms with E-state index in [9.17, 15) is 9.59 Å². The average molecular weight is 192 g/mol. The first kappa shape index (κ1) is 10.5. The molecule has 0 atom stereocenters. The molecule has 1 aromatic heterocycles. The third kappa shape index (κ3) is 1.84. The van der Waals surface area contributed by atoms with E-state index < -0.39 is 0 Å². The van der Waals surface area contributed by atoms with Crippen LogP contribution in [0.15, 0.2) is 0 Å². The molecular formula is C10H12N2O2. The normalized spacial score (nSPS) is 10.0. The minimum absolute atomic E-state index is 0.0740. The summed E-state index contributed by atoms with van der Waals surface area (Å²) in [5, 5.41) is 0. The summed E-state index contributed by atoms with van der Waals surface area (Å²) in [5.41, 5.74) is 1.64. The van der Waals surface area contributed by atoms with Gasteiger partial charge in [0.05, 0.1) is 17.0 Å². The number of aromatic nitrogens is 2. The SMILES string of the molecule is CC(=O)c1nc(C)c(C(C)=O)c(C)n1. The number of Topliss-reactive ketones (excluding diaryl/α,β-unsaturated/α-hetero) is 2. The van der Waals surface area contributed by atoms with Gasteiger partial charge in [-0.05, 0) is 20.8 Å². The lowest BCUT2D eigenvalue weighted by Gasteiger charge is -2.05. The lowest BCUT2D eigenvalue weighted by atomic mass is 10.1. The summed E-state index contributed by atoms with van der Waals surface area (Å²) in [4.78, 5) is 30.2. The zero-order valence-electron chi connectivity index (χ0n) is 8.71. The van der Waals surface area contributed by atoms with Gasteiger partial charge >= 0.3 is 0 Å². The van der Waals surface area contributed by atoms with Crippen LogP contribution in [-0.4, -0.2) is 21.5 Å². The number of hydrogen-bond acceptors (Lipinski definition) is 4. The van der Waals surface area contributed by atoms with Crippen LogP contribution in [0, 0.1) is 13.8 Å². The lowest BCUT2D eigenvalue weighted by molar-refractivity contribution is 0.0991. The quantitative estimate of drug-likeness (QED) is 0.666. The van der Waals surface area contributed by atoms with Crippen LogP contribution in [0.1, 0.15) is 46.2 Å². The molecule has 4 heteroatoms. The third-order valence-corrected chi connectivity index (χ3v) is 1.94. The molecule has 0 N–H and O–H groups in total. The van der Waals surface area contributed by atoms with E-state index in [1.807, 2.05) is 0 Å². The number of carbonyl (C=O) groups is 2. The van der Waals surface area contributed by atoms with E-state index in [2.05, 4.69) is 9.97 Å². The van der Waals surface area contributed by atoms with E-state index in [0.717, 1.165) is 0 Å². The molecule has 0 unspecified atom stereocenters. The van der Waals surface area contributed by atoms with E-state index >= 15 is 0 Å². The summed E-state index contributed by atoms with van der Waals surface area (Å²) in [6.45, 7) is 6.28. The molecular weight excluding hydrogens is 180 g/mol. The number of ketones is 2. The molecule has 0 saturated carbocycles. The predicted octanol–water partition coefficient (Wildman–Crippen LogP) is 1.50. The van der Waals surface area contributed by atoms with Crippen molar-refractivity contribution < 1.29 is 9.59 Å². The second-order valence-electron chi connectivity index (χ2n) is 3.21. The maximum Gasteiger partial charge on any atom is 0.196 e. The van der Waals surface area contributed by atoms with Gasteiger partial charge in [-0.2, -0.15) is 0 Å². The lowest BCUT2D eigenvalue weighted by Crippen LogP contribution is -2.10. The molecule has 0 bridgehead atoms. The molecule has 0 amide bonds. The van der Waals surface area contributed by atoms with Crippen LogP contribution in [0.2, 0.25) is 0 Å². The molecule has 74 valence electrons. The molecule has 0 spiro atoms. The van der Waals surface area contributed by atoms with Crippen molar-refractivity contribution in [1.82, 2.24) is 9.97 Å². The summed E-state index contributed by atoms with van der Waals surface area (Å²) in [7, 11) is 0. The highest BCUT2D eigenvalue weighted by Crippen LogP contribution is 2.10. The Morgan fingerprint density at radius 1 is 0.929 bits per heavy atom. The first-order valence-electron chi connectivity index (χ1n) is 4.30. The molecule has 1 aromatic rings. The van der Waals surface area contributed by atoms with Crippen LogP contribution in [0.25, 0.3) is 0 Å². The van der Waals surface area contributed by atoms with Crippen molar-refractivity contribution in [2.75, 3.05) is 0 Å². The van der Waals surface area contributed by atoms with Gasteiger partial charge in [-0.1, -0.05) is 0 Å². The van der Waals surface area contributed by atoms with Crippen molar-refractivity contribution >= 4 is 11.6 Å². The molecule has 1 heterocycles. The molecule has 0 saturated heterocycles. The van der Waals surface area contributed by atoms with Gasteiger partial charge in [0.2, 0.25) is 0 Å². The van der Waals surface area contributed by atoms with Gasteiger partial charge in [-0.15, -0.1) is 0 Å². The van der Waals surface area contributed by atoms with Crippen LogP contribution in [0.4, 0.5) is 0 Å². The second-order valence-corrected chi connectivity index (χ2v) is 3.21. The molecule has 0 aliphatic carbocycles. The van der Waals surface area contributed by atoms with Crippen LogP contribution >= 0.6 is 0 Å². The number of rotatable bonds is 2. The molecule has 14 heavy (non-hydrogen) atoms. The maximum atomic E-state index is 11.2. The predicted molar refractivity (Wildman–Crippen MR) is 51.5 cm³/mol. The standard InChI is InChI=1S/C10H12N2O2/c1-5-9(7(3)13)6(2)12-10(11-5)8(4)14/h1-4H3. The van der Waals surface area contributed by atoms with Gasteiger partial charge in [0.1, 0.15) is 0 Å². The largest absolute Gasteiger partial charge is 0.294 e. The van der Waals surface area contributed by atoms with Gasteiger partial charge in [-0.3, -0.25) is 9.59 Å². The third-order valence-electron chi connectivity index (χ3n) is 1.94. The number of aryl methyl sites for hydroxylation is 2. The molecule has 0 radical (unpaired) electrons. The van der Waals surface area contributed by atoms with E-state index in [1.54, 1.807) is 13.8 Å². The van der Waals surface area contributed by atoms with Gasteiger partial charge in [0.25, 0.3) is 0 Å². The maximum absolute atomic E-state index is 11.2. The van der Waals surface area contributed by atoms with Crippen molar-refractivity contribution in [3.8, 4) is 0 Å². The molecule has 0 fully saturated rings. The summed E-state index contributed by atoms with van der Waals surface area (Å²) >= 11 is 0. The molecule has 4 nitrogen and oxygen atoms in total. The van der Waals surface area contributed by atoms with E-state index in [4.69, 9.17) is 0 Å². The number of nitrogens with zero attached hydrogens (tertiary/aromatic N) is 2. The minimum Gasteiger partial charge on any atom is -0.294 e. The van der Waals surface area contributed by atoms with Crippen LogP contribution < -0.4 is 0 Å². The summed E-state index contributed by atoms with van der Waals surface area (Å²) in [6.07, 6.45) is 0. The first-order valence-corrected chi connectivity index (χ1v) is 4.30. The highest BCUT2D eigenvalue weighted by molar-refractivity contribution is 5.97. The Morgan fingerprint density at radius 3 is 1.64 bits per heavy atom. The van der Waals surface area contributed by atoms with Crippen molar-refractivity contribution in [2.24, 2.45) is 0 Å². The Morgan fingerprint density at radius 2 is 1.36 bits per heavy atom. The van der Waals surface area contributed by atoms with Crippen LogP contribution in [-0.2, 0) is 0 Å². The molecule has 0 aliphatic rings. The summed E-state index contributed by atoms with van der Waals surface area (Å²) < 4.78 is 0. The Hall–Kier alpha value is -1.58. The highest BCUT2D eigenvalue weighted by atomic mass is 16.1. The first-order chi connectivity index (χ1) is 6.43. The van der Waals surface area contributed by atoms with Gasteiger partial charge in [0.15, 0.2) is 17.4 Å². The fourth-order valence-electron chi connectivity index (χ4n) is 1.38. The van der Waals surface area contributed by atoms with Crippen molar-refractivity contribution in [1.29, 1.82) is 0 Å². The summed E-state index contributed by atoms with van der Waals surface area (Å²) in [5.74, 6) is -0.0913. The highest BCUT2D eigenvalue weighted by Gasteiger charge is 2.13. The average Bonchev–Trinajstić information content (AvgIpc) is 2.01. The Bertz CT molecular complexity index is 388. The fourth-order valence-corrected chi connectivity index (χ4v) is 1.38. The number of carbonyl (C=O) groups excluding carboxylic acids is 2.